The van der Waals surface area contributed by atoms with Gasteiger partial charge < -0.3 is 10.5 Å². The molecule has 20 heavy (non-hydrogen) atoms. The molecule has 5 heteroatoms. The Bertz CT molecular complexity index is 616. The van der Waals surface area contributed by atoms with E-state index in [2.05, 4.69) is 0 Å². The fourth-order valence-corrected chi connectivity index (χ4v) is 1.85. The Morgan fingerprint density at radius 2 is 1.90 bits per heavy atom. The Morgan fingerprint density at radius 3 is 2.60 bits per heavy atom. The van der Waals surface area contributed by atoms with E-state index in [-0.39, 0.29) is 18.0 Å². The van der Waals surface area contributed by atoms with E-state index in [1.54, 1.807) is 6.92 Å². The molecule has 0 saturated carbocycles. The van der Waals surface area contributed by atoms with Gasteiger partial charge in [-0.3, -0.25) is 0 Å². The van der Waals surface area contributed by atoms with Crippen molar-refractivity contribution in [3.63, 3.8) is 0 Å². The van der Waals surface area contributed by atoms with Crippen LogP contribution in [0.2, 0.25) is 0 Å². The third-order valence-corrected chi connectivity index (χ3v) is 2.94. The van der Waals surface area contributed by atoms with E-state index in [1.165, 1.54) is 30.3 Å². The Morgan fingerprint density at radius 1 is 1.15 bits per heavy atom. The highest BCUT2D eigenvalue weighted by atomic mass is 19.2. The van der Waals surface area contributed by atoms with Crippen molar-refractivity contribution in [2.75, 3.05) is 6.61 Å². The molecular formula is C15H14F3NO. The molecule has 0 aliphatic carbocycles. The summed E-state index contributed by atoms with van der Waals surface area (Å²) in [6, 6.07) is 7.06. The van der Waals surface area contributed by atoms with Gasteiger partial charge in [0.25, 0.3) is 0 Å². The monoisotopic (exact) mass is 281 g/mol. The topological polar surface area (TPSA) is 35.2 Å². The molecule has 0 amide bonds. The SMILES string of the molecule is Cc1cc(F)ccc1OCC(N)c1cccc(F)c1F. The second kappa shape index (κ2) is 5.96. The third-order valence-electron chi connectivity index (χ3n) is 2.94. The lowest BCUT2D eigenvalue weighted by Crippen LogP contribution is -2.21. The normalized spacial score (nSPS) is 12.2. The van der Waals surface area contributed by atoms with E-state index in [4.69, 9.17) is 10.5 Å². The Kier molecular flexibility index (Phi) is 4.29. The standard InChI is InChI=1S/C15H14F3NO/c1-9-7-10(16)5-6-14(9)20-8-13(19)11-3-2-4-12(17)15(11)18/h2-7,13H,8,19H2,1H3. The molecule has 0 saturated heterocycles. The molecule has 1 atom stereocenters. The summed E-state index contributed by atoms with van der Waals surface area (Å²) in [5.74, 6) is -1.83. The van der Waals surface area contributed by atoms with E-state index in [9.17, 15) is 13.2 Å². The highest BCUT2D eigenvalue weighted by Crippen LogP contribution is 2.22. The lowest BCUT2D eigenvalue weighted by Gasteiger charge is -2.15. The first-order valence-corrected chi connectivity index (χ1v) is 6.07. The van der Waals surface area contributed by atoms with Crippen LogP contribution in [-0.2, 0) is 0 Å². The molecule has 0 heterocycles. The predicted octanol–water partition coefficient (Wildman–Crippen LogP) is 3.49. The number of rotatable bonds is 4. The zero-order chi connectivity index (χ0) is 14.7. The number of nitrogens with two attached hydrogens (primary N) is 1. The van der Waals surface area contributed by atoms with Crippen molar-refractivity contribution < 1.29 is 17.9 Å². The van der Waals surface area contributed by atoms with Gasteiger partial charge in [-0.1, -0.05) is 12.1 Å². The average Bonchev–Trinajstić information content (AvgIpc) is 2.40. The van der Waals surface area contributed by atoms with Crippen LogP contribution >= 0.6 is 0 Å². The van der Waals surface area contributed by atoms with E-state index in [0.717, 1.165) is 6.07 Å². The van der Waals surface area contributed by atoms with Crippen LogP contribution in [0, 0.1) is 24.4 Å². The second-order valence-electron chi connectivity index (χ2n) is 4.47. The summed E-state index contributed by atoms with van der Waals surface area (Å²) in [6.45, 7) is 1.65. The van der Waals surface area contributed by atoms with Crippen LogP contribution in [0.15, 0.2) is 36.4 Å². The number of benzene rings is 2. The minimum atomic E-state index is -0.973. The molecule has 0 fully saturated rings. The van der Waals surface area contributed by atoms with Crippen molar-refractivity contribution in [2.45, 2.75) is 13.0 Å². The van der Waals surface area contributed by atoms with Gasteiger partial charge in [-0.25, -0.2) is 13.2 Å². The maximum atomic E-state index is 13.5. The van der Waals surface area contributed by atoms with Gasteiger partial charge >= 0.3 is 0 Å². The maximum Gasteiger partial charge on any atom is 0.163 e. The lowest BCUT2D eigenvalue weighted by atomic mass is 10.1. The average molecular weight is 281 g/mol. The summed E-state index contributed by atoms with van der Waals surface area (Å²) in [7, 11) is 0. The molecule has 0 aliphatic heterocycles. The zero-order valence-electron chi connectivity index (χ0n) is 10.9. The predicted molar refractivity (Wildman–Crippen MR) is 69.9 cm³/mol. The summed E-state index contributed by atoms with van der Waals surface area (Å²) in [4.78, 5) is 0. The smallest absolute Gasteiger partial charge is 0.163 e. The Labute approximate surface area is 115 Å². The van der Waals surface area contributed by atoms with Gasteiger partial charge in [0.2, 0.25) is 0 Å². The molecule has 0 aromatic heterocycles. The lowest BCUT2D eigenvalue weighted by molar-refractivity contribution is 0.284. The molecule has 106 valence electrons. The minimum absolute atomic E-state index is 0.0349. The molecule has 1 unspecified atom stereocenters. The highest BCUT2D eigenvalue weighted by molar-refractivity contribution is 5.33. The number of hydrogen-bond donors (Lipinski definition) is 1. The van der Waals surface area contributed by atoms with Gasteiger partial charge in [-0.05, 0) is 36.8 Å². The third kappa shape index (κ3) is 3.11. The molecule has 2 aromatic carbocycles. The van der Waals surface area contributed by atoms with Crippen LogP contribution in [0.25, 0.3) is 0 Å². The molecule has 2 rings (SSSR count). The van der Waals surface area contributed by atoms with Crippen molar-refractivity contribution in [1.82, 2.24) is 0 Å². The van der Waals surface area contributed by atoms with Crippen LogP contribution in [0.4, 0.5) is 13.2 Å². The summed E-state index contributed by atoms with van der Waals surface area (Å²) >= 11 is 0. The first-order chi connectivity index (χ1) is 9.49. The number of halogens is 3. The number of aryl methyl sites for hydroxylation is 1. The summed E-state index contributed by atoms with van der Waals surface area (Å²) in [5, 5.41) is 0. The number of hydrogen-bond acceptors (Lipinski definition) is 2. The van der Waals surface area contributed by atoms with Crippen molar-refractivity contribution in [1.29, 1.82) is 0 Å². The summed E-state index contributed by atoms with van der Waals surface area (Å²) in [5.41, 5.74) is 6.44. The Hall–Kier alpha value is -2.01. The molecule has 2 N–H and O–H groups in total. The molecule has 0 aliphatic rings. The van der Waals surface area contributed by atoms with Gasteiger partial charge in [0, 0.05) is 5.56 Å². The van der Waals surface area contributed by atoms with Crippen molar-refractivity contribution >= 4 is 0 Å². The fraction of sp³-hybridized carbons (Fsp3) is 0.200. The quantitative estimate of drug-likeness (QED) is 0.931. The van der Waals surface area contributed by atoms with Crippen LogP contribution < -0.4 is 10.5 Å². The van der Waals surface area contributed by atoms with Crippen LogP contribution in [0.3, 0.4) is 0 Å². The maximum absolute atomic E-state index is 13.5. The Balaban J connectivity index is 2.08. The zero-order valence-corrected chi connectivity index (χ0v) is 10.9. The van der Waals surface area contributed by atoms with Crippen LogP contribution in [-0.4, -0.2) is 6.61 Å². The molecule has 2 aromatic rings. The summed E-state index contributed by atoms with van der Waals surface area (Å²) in [6.07, 6.45) is 0. The van der Waals surface area contributed by atoms with Crippen LogP contribution in [0.5, 0.6) is 5.75 Å². The van der Waals surface area contributed by atoms with Gasteiger partial charge in [0.1, 0.15) is 18.2 Å². The van der Waals surface area contributed by atoms with E-state index >= 15 is 0 Å². The minimum Gasteiger partial charge on any atom is -0.491 e. The number of ether oxygens (including phenoxy) is 1. The van der Waals surface area contributed by atoms with Crippen molar-refractivity contribution in [3.05, 3.63) is 65.0 Å². The van der Waals surface area contributed by atoms with Gasteiger partial charge in [0.05, 0.1) is 6.04 Å². The van der Waals surface area contributed by atoms with Gasteiger partial charge in [-0.15, -0.1) is 0 Å². The first kappa shape index (κ1) is 14.4. The first-order valence-electron chi connectivity index (χ1n) is 6.07. The molecule has 0 spiro atoms. The molecule has 0 bridgehead atoms. The highest BCUT2D eigenvalue weighted by Gasteiger charge is 2.15. The van der Waals surface area contributed by atoms with E-state index in [1.807, 2.05) is 0 Å². The van der Waals surface area contributed by atoms with Gasteiger partial charge in [0.15, 0.2) is 11.6 Å². The van der Waals surface area contributed by atoms with E-state index in [0.29, 0.717) is 11.3 Å². The van der Waals surface area contributed by atoms with Gasteiger partial charge in [-0.2, -0.15) is 0 Å². The fourth-order valence-electron chi connectivity index (χ4n) is 1.85. The molecule has 2 nitrogen and oxygen atoms in total. The largest absolute Gasteiger partial charge is 0.491 e. The van der Waals surface area contributed by atoms with Crippen molar-refractivity contribution in [2.24, 2.45) is 5.73 Å². The molecular weight excluding hydrogens is 267 g/mol. The molecule has 0 radical (unpaired) electrons. The van der Waals surface area contributed by atoms with E-state index < -0.39 is 17.7 Å². The van der Waals surface area contributed by atoms with Crippen LogP contribution in [0.1, 0.15) is 17.2 Å². The summed E-state index contributed by atoms with van der Waals surface area (Å²) < 4.78 is 45.0. The second-order valence-corrected chi connectivity index (χ2v) is 4.47. The van der Waals surface area contributed by atoms with Crippen molar-refractivity contribution in [3.8, 4) is 5.75 Å².